The third kappa shape index (κ3) is 3.37. The van der Waals surface area contributed by atoms with Crippen molar-refractivity contribution in [2.75, 3.05) is 5.32 Å². The molecule has 4 nitrogen and oxygen atoms in total. The Morgan fingerprint density at radius 1 is 1.00 bits per heavy atom. The minimum atomic E-state index is -0.412. The smallest absolute Gasteiger partial charge is 0.216 e. The van der Waals surface area contributed by atoms with Crippen molar-refractivity contribution in [3.05, 3.63) is 54.6 Å². The van der Waals surface area contributed by atoms with Crippen LogP contribution in [0.1, 0.15) is 20.8 Å². The van der Waals surface area contributed by atoms with Gasteiger partial charge in [0.15, 0.2) is 0 Å². The average molecular weight is 366 g/mol. The lowest BCUT2D eigenvalue weighted by Gasteiger charge is -2.18. The fourth-order valence-electron chi connectivity index (χ4n) is 2.86. The maximum absolute atomic E-state index is 13.5. The van der Waals surface area contributed by atoms with Gasteiger partial charge >= 0.3 is 0 Å². The van der Waals surface area contributed by atoms with E-state index in [1.165, 1.54) is 4.90 Å². The van der Waals surface area contributed by atoms with Gasteiger partial charge in [-0.15, -0.1) is 11.8 Å². The number of pyridine rings is 1. The largest absolute Gasteiger partial charge is 0.355 e. The summed E-state index contributed by atoms with van der Waals surface area (Å²) in [4.78, 5) is 5.66. The van der Waals surface area contributed by atoms with E-state index in [1.807, 2.05) is 36.0 Å². The van der Waals surface area contributed by atoms with Crippen molar-refractivity contribution in [3.8, 4) is 0 Å². The van der Waals surface area contributed by atoms with Gasteiger partial charge in [-0.3, -0.25) is 10.1 Å². The lowest BCUT2D eigenvalue weighted by atomic mass is 10.1. The fourth-order valence-corrected chi connectivity index (χ4v) is 3.88. The van der Waals surface area contributed by atoms with E-state index >= 15 is 0 Å². The number of H-pyrrole nitrogens is 1. The van der Waals surface area contributed by atoms with E-state index in [4.69, 9.17) is 0 Å². The quantitative estimate of drug-likeness (QED) is 0.444. The normalized spacial score (nSPS) is 12.0. The van der Waals surface area contributed by atoms with Gasteiger partial charge in [0.25, 0.3) is 0 Å². The van der Waals surface area contributed by atoms with Crippen LogP contribution in [-0.4, -0.2) is 19.9 Å². The number of aromatic amines is 1. The Bertz CT molecular complexity index is 1100. The molecule has 0 spiro atoms. The molecule has 26 heavy (non-hydrogen) atoms. The van der Waals surface area contributed by atoms with Crippen LogP contribution in [0.5, 0.6) is 0 Å². The number of nitrogens with zero attached hydrogens (tertiary/aromatic N) is 2. The maximum Gasteiger partial charge on any atom is 0.216 e. The first-order valence-electron chi connectivity index (χ1n) is 8.37. The third-order valence-electron chi connectivity index (χ3n) is 3.92. The number of nitrogens with one attached hydrogen (secondary N) is 2. The van der Waals surface area contributed by atoms with Crippen molar-refractivity contribution in [1.29, 1.82) is 0 Å². The molecule has 0 saturated carbocycles. The summed E-state index contributed by atoms with van der Waals surface area (Å²) in [6, 6.07) is 13.7. The Labute approximate surface area is 155 Å². The Morgan fingerprint density at radius 2 is 1.85 bits per heavy atom. The summed E-state index contributed by atoms with van der Waals surface area (Å²) in [6.07, 6.45) is 1.79. The fraction of sp³-hybridized carbons (Fsp3) is 0.200. The molecule has 0 bridgehead atoms. The van der Waals surface area contributed by atoms with E-state index in [0.717, 1.165) is 22.3 Å². The molecule has 132 valence electrons. The molecule has 0 aliphatic heterocycles. The predicted molar refractivity (Wildman–Crippen MR) is 107 cm³/mol. The molecule has 2 aromatic heterocycles. The SMILES string of the molecule is CC(C)(C)Sc1ccc2nccc(Nc3ccc4c(F)[nH]nc4c3)c2c1. The van der Waals surface area contributed by atoms with Crippen molar-refractivity contribution in [2.24, 2.45) is 0 Å². The monoisotopic (exact) mass is 366 g/mol. The summed E-state index contributed by atoms with van der Waals surface area (Å²) < 4.78 is 13.7. The Morgan fingerprint density at radius 3 is 2.65 bits per heavy atom. The number of rotatable bonds is 3. The molecule has 2 N–H and O–H groups in total. The van der Waals surface area contributed by atoms with Crippen LogP contribution in [0.3, 0.4) is 0 Å². The summed E-state index contributed by atoms with van der Waals surface area (Å²) in [6.45, 7) is 6.59. The molecule has 0 aliphatic rings. The number of anilines is 2. The van der Waals surface area contributed by atoms with E-state index < -0.39 is 5.95 Å². The molecule has 0 atom stereocenters. The van der Waals surface area contributed by atoms with Gasteiger partial charge in [-0.1, -0.05) is 20.8 Å². The van der Waals surface area contributed by atoms with Crippen LogP contribution >= 0.6 is 11.8 Å². The van der Waals surface area contributed by atoms with Gasteiger partial charge < -0.3 is 5.32 Å². The van der Waals surface area contributed by atoms with Crippen molar-refractivity contribution >= 4 is 44.9 Å². The number of hydrogen-bond acceptors (Lipinski definition) is 4. The molecule has 0 fully saturated rings. The zero-order valence-electron chi connectivity index (χ0n) is 14.8. The average Bonchev–Trinajstić information content (AvgIpc) is 2.95. The summed E-state index contributed by atoms with van der Waals surface area (Å²) in [7, 11) is 0. The van der Waals surface area contributed by atoms with Crippen LogP contribution < -0.4 is 5.32 Å². The zero-order chi connectivity index (χ0) is 18.3. The van der Waals surface area contributed by atoms with Crippen LogP contribution in [0.15, 0.2) is 53.6 Å². The van der Waals surface area contributed by atoms with E-state index in [-0.39, 0.29) is 4.75 Å². The lowest BCUT2D eigenvalue weighted by molar-refractivity contribution is 0.588. The maximum atomic E-state index is 13.5. The molecule has 0 saturated heterocycles. The van der Waals surface area contributed by atoms with Crippen LogP contribution in [-0.2, 0) is 0 Å². The number of halogens is 1. The predicted octanol–water partition coefficient (Wildman–Crippen LogP) is 5.88. The highest BCUT2D eigenvalue weighted by Crippen LogP contribution is 2.35. The first kappa shape index (κ1) is 16.8. The number of thioether (sulfide) groups is 1. The molecule has 0 amide bonds. The number of fused-ring (bicyclic) bond motifs is 2. The molecule has 2 heterocycles. The van der Waals surface area contributed by atoms with E-state index in [2.05, 4.69) is 53.4 Å². The Hall–Kier alpha value is -2.60. The van der Waals surface area contributed by atoms with E-state index in [0.29, 0.717) is 10.9 Å². The van der Waals surface area contributed by atoms with E-state index in [9.17, 15) is 4.39 Å². The van der Waals surface area contributed by atoms with Gasteiger partial charge in [0.1, 0.15) is 0 Å². The van der Waals surface area contributed by atoms with Gasteiger partial charge in [-0.05, 0) is 42.5 Å². The standard InChI is InChI=1S/C20H19FN4S/c1-20(2,3)26-13-5-7-16-15(11-13)17(8-9-22-16)23-12-4-6-14-18(10-12)24-25-19(14)21/h4-11H,1-3H3,(H,22,23)(H,24,25). The molecule has 4 rings (SSSR count). The van der Waals surface area contributed by atoms with Gasteiger partial charge in [0.2, 0.25) is 5.95 Å². The summed E-state index contributed by atoms with van der Waals surface area (Å²) >= 11 is 1.82. The second-order valence-corrected chi connectivity index (χ2v) is 9.05. The zero-order valence-corrected chi connectivity index (χ0v) is 15.6. The van der Waals surface area contributed by atoms with Crippen LogP contribution in [0.25, 0.3) is 21.8 Å². The molecule has 2 aromatic carbocycles. The Balaban J connectivity index is 1.73. The molecule has 0 radical (unpaired) electrons. The Kier molecular flexibility index (Phi) is 4.07. The van der Waals surface area contributed by atoms with Gasteiger partial charge in [-0.25, -0.2) is 0 Å². The molecular weight excluding hydrogens is 347 g/mol. The van der Waals surface area contributed by atoms with Crippen molar-refractivity contribution in [2.45, 2.75) is 30.4 Å². The first-order chi connectivity index (χ1) is 12.4. The lowest BCUT2D eigenvalue weighted by Crippen LogP contribution is -2.06. The number of aromatic nitrogens is 3. The molecule has 4 aromatic rings. The number of benzene rings is 2. The highest BCUT2D eigenvalue weighted by atomic mass is 32.2. The van der Waals surface area contributed by atoms with Gasteiger partial charge in [0, 0.05) is 32.6 Å². The molecule has 0 unspecified atom stereocenters. The van der Waals surface area contributed by atoms with Crippen LogP contribution in [0.4, 0.5) is 15.8 Å². The van der Waals surface area contributed by atoms with Crippen molar-refractivity contribution in [1.82, 2.24) is 15.2 Å². The van der Waals surface area contributed by atoms with E-state index in [1.54, 1.807) is 12.3 Å². The summed E-state index contributed by atoms with van der Waals surface area (Å²) in [5.74, 6) is -0.412. The highest BCUT2D eigenvalue weighted by Gasteiger charge is 2.13. The second-order valence-electron chi connectivity index (χ2n) is 7.15. The van der Waals surface area contributed by atoms with Crippen molar-refractivity contribution in [3.63, 3.8) is 0 Å². The molecular formula is C20H19FN4S. The second kappa shape index (κ2) is 6.29. The molecule has 0 aliphatic carbocycles. The highest BCUT2D eigenvalue weighted by molar-refractivity contribution is 8.00. The van der Waals surface area contributed by atoms with Gasteiger partial charge in [-0.2, -0.15) is 9.49 Å². The summed E-state index contributed by atoms with van der Waals surface area (Å²) in [5.41, 5.74) is 3.34. The van der Waals surface area contributed by atoms with Crippen LogP contribution in [0.2, 0.25) is 0 Å². The molecule has 6 heteroatoms. The van der Waals surface area contributed by atoms with Crippen molar-refractivity contribution < 1.29 is 4.39 Å². The minimum Gasteiger partial charge on any atom is -0.355 e. The summed E-state index contributed by atoms with van der Waals surface area (Å²) in [5, 5.41) is 11.3. The van der Waals surface area contributed by atoms with Gasteiger partial charge in [0.05, 0.1) is 16.4 Å². The topological polar surface area (TPSA) is 53.6 Å². The first-order valence-corrected chi connectivity index (χ1v) is 9.19. The third-order valence-corrected chi connectivity index (χ3v) is 5.03. The van der Waals surface area contributed by atoms with Crippen LogP contribution in [0, 0.1) is 5.95 Å². The number of hydrogen-bond donors (Lipinski definition) is 2. The minimum absolute atomic E-state index is 0.137.